The van der Waals surface area contributed by atoms with Gasteiger partial charge in [-0.1, -0.05) is 13.8 Å². The number of aryl methyl sites for hydroxylation is 2. The molecule has 1 aliphatic rings. The molecule has 2 aromatic rings. The molecule has 0 saturated carbocycles. The number of carbonyl (C=O) groups is 1. The van der Waals surface area contributed by atoms with Crippen molar-refractivity contribution in [3.05, 3.63) is 47.3 Å². The summed E-state index contributed by atoms with van der Waals surface area (Å²) < 4.78 is 5.46. The molecule has 6 heteroatoms. The molecule has 0 radical (unpaired) electrons. The van der Waals surface area contributed by atoms with Crippen LogP contribution < -0.4 is 4.90 Å². The number of piperazine rings is 1. The van der Waals surface area contributed by atoms with Crippen LogP contribution in [0.3, 0.4) is 0 Å². The van der Waals surface area contributed by atoms with Gasteiger partial charge in [0.05, 0.1) is 0 Å². The van der Waals surface area contributed by atoms with Crippen LogP contribution in [0.25, 0.3) is 6.08 Å². The van der Waals surface area contributed by atoms with Crippen LogP contribution in [0.15, 0.2) is 28.7 Å². The molecule has 6 nitrogen and oxygen atoms in total. The third-order valence-electron chi connectivity index (χ3n) is 4.44. The molecule has 3 heterocycles. The van der Waals surface area contributed by atoms with Gasteiger partial charge in [-0.05, 0) is 32.1 Å². The second-order valence-corrected chi connectivity index (χ2v) is 6.97. The second kappa shape index (κ2) is 7.72. The van der Waals surface area contributed by atoms with E-state index in [1.807, 2.05) is 36.9 Å². The molecule has 0 atom stereocenters. The topological polar surface area (TPSA) is 62.5 Å². The lowest BCUT2D eigenvalue weighted by atomic mass is 10.2. The van der Waals surface area contributed by atoms with E-state index in [2.05, 4.69) is 28.7 Å². The molecular weight excluding hydrogens is 328 g/mol. The first-order valence-corrected chi connectivity index (χ1v) is 9.06. The Morgan fingerprint density at radius 2 is 1.88 bits per heavy atom. The van der Waals surface area contributed by atoms with Crippen molar-refractivity contribution < 1.29 is 9.21 Å². The minimum Gasteiger partial charge on any atom is -0.462 e. The highest BCUT2D eigenvalue weighted by molar-refractivity contribution is 5.91. The molecule has 0 unspecified atom stereocenters. The van der Waals surface area contributed by atoms with E-state index in [4.69, 9.17) is 4.42 Å². The van der Waals surface area contributed by atoms with Crippen molar-refractivity contribution in [1.29, 1.82) is 0 Å². The van der Waals surface area contributed by atoms with Crippen LogP contribution in [0, 0.1) is 13.8 Å². The zero-order valence-electron chi connectivity index (χ0n) is 15.9. The Labute approximate surface area is 154 Å². The van der Waals surface area contributed by atoms with E-state index in [-0.39, 0.29) is 5.91 Å². The van der Waals surface area contributed by atoms with Crippen molar-refractivity contribution in [1.82, 2.24) is 14.9 Å². The predicted molar refractivity (Wildman–Crippen MR) is 102 cm³/mol. The summed E-state index contributed by atoms with van der Waals surface area (Å²) in [6.45, 7) is 11.0. The van der Waals surface area contributed by atoms with Gasteiger partial charge in [-0.25, -0.2) is 9.97 Å². The van der Waals surface area contributed by atoms with E-state index in [1.54, 1.807) is 12.2 Å². The number of hydrogen-bond donors (Lipinski definition) is 0. The van der Waals surface area contributed by atoms with Crippen LogP contribution in [-0.2, 0) is 4.79 Å². The van der Waals surface area contributed by atoms with Gasteiger partial charge >= 0.3 is 0 Å². The van der Waals surface area contributed by atoms with E-state index >= 15 is 0 Å². The van der Waals surface area contributed by atoms with Crippen molar-refractivity contribution >= 4 is 17.8 Å². The molecular formula is C20H26N4O2. The van der Waals surface area contributed by atoms with Crippen LogP contribution in [0.2, 0.25) is 0 Å². The molecule has 2 aromatic heterocycles. The van der Waals surface area contributed by atoms with Gasteiger partial charge in [-0.2, -0.15) is 0 Å². The molecule has 1 fully saturated rings. The smallest absolute Gasteiger partial charge is 0.246 e. The number of anilines is 1. The van der Waals surface area contributed by atoms with Gasteiger partial charge in [0.1, 0.15) is 23.2 Å². The fourth-order valence-electron chi connectivity index (χ4n) is 2.95. The molecule has 1 amide bonds. The van der Waals surface area contributed by atoms with E-state index in [9.17, 15) is 4.79 Å². The summed E-state index contributed by atoms with van der Waals surface area (Å²) in [5, 5.41) is 0. The molecule has 0 N–H and O–H groups in total. The van der Waals surface area contributed by atoms with Gasteiger partial charge < -0.3 is 14.2 Å². The lowest BCUT2D eigenvalue weighted by Crippen LogP contribution is -2.48. The first-order valence-electron chi connectivity index (χ1n) is 9.06. The van der Waals surface area contributed by atoms with Gasteiger partial charge in [0, 0.05) is 49.9 Å². The number of nitrogens with zero attached hydrogens (tertiary/aromatic N) is 4. The minimum atomic E-state index is 0.0143. The van der Waals surface area contributed by atoms with Gasteiger partial charge in [0.15, 0.2) is 0 Å². The second-order valence-electron chi connectivity index (χ2n) is 6.97. The summed E-state index contributed by atoms with van der Waals surface area (Å²) in [4.78, 5) is 25.7. The molecule has 3 rings (SSSR count). The van der Waals surface area contributed by atoms with Gasteiger partial charge in [-0.3, -0.25) is 4.79 Å². The Bertz CT molecular complexity index is 802. The quantitative estimate of drug-likeness (QED) is 0.789. The number of furan rings is 1. The third kappa shape index (κ3) is 4.31. The summed E-state index contributed by atoms with van der Waals surface area (Å²) in [6, 6.07) is 5.77. The van der Waals surface area contributed by atoms with Gasteiger partial charge in [0.2, 0.25) is 5.91 Å². The van der Waals surface area contributed by atoms with E-state index in [1.165, 1.54) is 0 Å². The molecule has 0 aliphatic carbocycles. The summed E-state index contributed by atoms with van der Waals surface area (Å²) in [5.74, 6) is 3.68. The molecule has 26 heavy (non-hydrogen) atoms. The Morgan fingerprint density at radius 3 is 2.50 bits per heavy atom. The Hall–Kier alpha value is -2.63. The van der Waals surface area contributed by atoms with Crippen molar-refractivity contribution in [3.63, 3.8) is 0 Å². The molecule has 1 aliphatic heterocycles. The lowest BCUT2D eigenvalue weighted by molar-refractivity contribution is -0.126. The van der Waals surface area contributed by atoms with Crippen molar-refractivity contribution in [2.24, 2.45) is 0 Å². The van der Waals surface area contributed by atoms with Crippen LogP contribution >= 0.6 is 0 Å². The van der Waals surface area contributed by atoms with Crippen LogP contribution in [-0.4, -0.2) is 47.0 Å². The lowest BCUT2D eigenvalue weighted by Gasteiger charge is -2.35. The van der Waals surface area contributed by atoms with Gasteiger partial charge in [0.25, 0.3) is 0 Å². The molecule has 0 bridgehead atoms. The monoisotopic (exact) mass is 354 g/mol. The number of carbonyl (C=O) groups excluding carboxylic acids is 1. The molecule has 0 aromatic carbocycles. The highest BCUT2D eigenvalue weighted by atomic mass is 16.3. The van der Waals surface area contributed by atoms with E-state index in [0.29, 0.717) is 24.8 Å². The van der Waals surface area contributed by atoms with Crippen molar-refractivity contribution in [2.75, 3.05) is 31.1 Å². The Morgan fingerprint density at radius 1 is 1.15 bits per heavy atom. The third-order valence-corrected chi connectivity index (χ3v) is 4.44. The van der Waals surface area contributed by atoms with Crippen LogP contribution in [0.4, 0.5) is 5.82 Å². The summed E-state index contributed by atoms with van der Waals surface area (Å²) in [7, 11) is 0. The zero-order chi connectivity index (χ0) is 18.7. The molecule has 138 valence electrons. The first kappa shape index (κ1) is 18.2. The predicted octanol–water partition coefficient (Wildman–Crippen LogP) is 3.17. The highest BCUT2D eigenvalue weighted by Gasteiger charge is 2.21. The zero-order valence-corrected chi connectivity index (χ0v) is 15.9. The van der Waals surface area contributed by atoms with Crippen molar-refractivity contribution in [2.45, 2.75) is 33.6 Å². The Balaban J connectivity index is 1.60. The van der Waals surface area contributed by atoms with Gasteiger partial charge in [-0.15, -0.1) is 0 Å². The van der Waals surface area contributed by atoms with Crippen LogP contribution in [0.1, 0.15) is 42.8 Å². The number of rotatable bonds is 4. The SMILES string of the molecule is Cc1cc(N2CCN(C(=O)C=Cc3ccc(C)o3)CC2)nc(C(C)C)n1. The van der Waals surface area contributed by atoms with Crippen LogP contribution in [0.5, 0.6) is 0 Å². The molecule has 0 spiro atoms. The average Bonchev–Trinajstić information content (AvgIpc) is 3.04. The highest BCUT2D eigenvalue weighted by Crippen LogP contribution is 2.19. The van der Waals surface area contributed by atoms with E-state index < -0.39 is 0 Å². The minimum absolute atomic E-state index is 0.0143. The molecule has 1 saturated heterocycles. The van der Waals surface area contributed by atoms with E-state index in [0.717, 1.165) is 36.2 Å². The largest absolute Gasteiger partial charge is 0.462 e. The summed E-state index contributed by atoms with van der Waals surface area (Å²) >= 11 is 0. The first-order chi connectivity index (χ1) is 12.4. The summed E-state index contributed by atoms with van der Waals surface area (Å²) in [6.07, 6.45) is 3.31. The number of amides is 1. The normalized spacial score (nSPS) is 15.3. The fourth-order valence-corrected chi connectivity index (χ4v) is 2.95. The standard InChI is InChI=1S/C20H26N4O2/c1-14(2)20-21-15(3)13-18(22-20)23-9-11-24(12-10-23)19(25)8-7-17-6-5-16(4)26-17/h5-8,13-14H,9-12H2,1-4H3. The fraction of sp³-hybridized carbons (Fsp3) is 0.450. The number of aromatic nitrogens is 2. The number of hydrogen-bond acceptors (Lipinski definition) is 5. The maximum Gasteiger partial charge on any atom is 0.246 e. The average molecular weight is 354 g/mol. The maximum atomic E-state index is 12.4. The summed E-state index contributed by atoms with van der Waals surface area (Å²) in [5.41, 5.74) is 0.980. The maximum absolute atomic E-state index is 12.4. The Kier molecular flexibility index (Phi) is 5.40. The van der Waals surface area contributed by atoms with Crippen molar-refractivity contribution in [3.8, 4) is 0 Å².